The van der Waals surface area contributed by atoms with Crippen LogP contribution in [0.1, 0.15) is 11.5 Å². The molecule has 1 aliphatic heterocycles. The number of anilines is 7. The molecule has 2 aliphatic rings. The molecule has 2 heterocycles. The van der Waals surface area contributed by atoms with Gasteiger partial charge >= 0.3 is 0 Å². The van der Waals surface area contributed by atoms with Gasteiger partial charge in [-0.05, 0) is 75.6 Å². The monoisotopic (exact) mass is 1060 g/mol. The third kappa shape index (κ3) is 8.22. The Kier molecular flexibility index (Phi) is 11.6. The van der Waals surface area contributed by atoms with Gasteiger partial charge in [0.1, 0.15) is 0 Å². The first kappa shape index (κ1) is 48.0. The molecule has 0 N–H and O–H groups in total. The molecule has 0 saturated heterocycles. The van der Waals surface area contributed by atoms with Crippen molar-refractivity contribution in [3.8, 4) is 34.2 Å². The molecule has 16 rings (SSSR count). The summed E-state index contributed by atoms with van der Waals surface area (Å²) < 4.78 is 0. The molecule has 0 fully saturated rings. The first-order valence-electron chi connectivity index (χ1n) is 28.4. The zero-order valence-corrected chi connectivity index (χ0v) is 45.2. The van der Waals surface area contributed by atoms with E-state index in [0.717, 1.165) is 67.3 Å². The van der Waals surface area contributed by atoms with Crippen LogP contribution in [0.25, 0.3) is 88.0 Å². The number of hydrogen-bond donors (Lipinski definition) is 0. The maximum atomic E-state index is 5.23. The molecule has 0 bridgehead atoms. The summed E-state index contributed by atoms with van der Waals surface area (Å²) in [6, 6.07) is 102. The molecule has 0 radical (unpaired) electrons. The minimum Gasteiger partial charge on any atom is -0.333 e. The number of rotatable bonds is 10. The van der Waals surface area contributed by atoms with Crippen molar-refractivity contribution in [1.82, 2.24) is 15.0 Å². The Bertz CT molecular complexity index is 4680. The van der Waals surface area contributed by atoms with E-state index in [9.17, 15) is 0 Å². The molecule has 2 atom stereocenters. The Morgan fingerprint density at radius 3 is 1.19 bits per heavy atom. The molecule has 2 unspecified atom stereocenters. The van der Waals surface area contributed by atoms with Crippen LogP contribution < -0.4 is 14.7 Å². The number of fused-ring (bicyclic) bond motifs is 9. The second-order valence-electron chi connectivity index (χ2n) is 21.5. The van der Waals surface area contributed by atoms with Crippen molar-refractivity contribution in [3.05, 3.63) is 315 Å². The zero-order chi connectivity index (χ0) is 54.8. The first-order valence-corrected chi connectivity index (χ1v) is 28.4. The van der Waals surface area contributed by atoms with E-state index < -0.39 is 0 Å². The smallest absolute Gasteiger partial charge is 0.164 e. The van der Waals surface area contributed by atoms with Crippen molar-refractivity contribution < 1.29 is 0 Å². The lowest BCUT2D eigenvalue weighted by Gasteiger charge is -2.34. The van der Waals surface area contributed by atoms with Crippen LogP contribution >= 0.6 is 0 Å². The van der Waals surface area contributed by atoms with Gasteiger partial charge in [-0.3, -0.25) is 0 Å². The molecule has 13 aromatic carbocycles. The SMILES string of the molecule is C1=CC2C(C=C1N(c1cccc3ccccc13)c1cccc3ccccc13)c1cc(N(c3cccc4ccccc34)c3cccc4ccccc34)c3ccccc3c1N2c1cccc(-c2nc(-c3ccccc3)nc(-c3ccccc3)n2)c1. The Morgan fingerprint density at radius 2 is 0.699 bits per heavy atom. The summed E-state index contributed by atoms with van der Waals surface area (Å²) in [6.45, 7) is 0. The van der Waals surface area contributed by atoms with E-state index in [4.69, 9.17) is 15.0 Å². The van der Waals surface area contributed by atoms with Gasteiger partial charge in [-0.1, -0.05) is 255 Å². The second kappa shape index (κ2) is 20.0. The molecule has 6 heteroatoms. The summed E-state index contributed by atoms with van der Waals surface area (Å²) in [5.74, 6) is 1.75. The number of allylic oxidation sites excluding steroid dienone is 1. The number of aromatic nitrogens is 3. The molecule has 1 aromatic heterocycles. The number of hydrogen-bond acceptors (Lipinski definition) is 6. The quantitative estimate of drug-likeness (QED) is 0.136. The van der Waals surface area contributed by atoms with Crippen molar-refractivity contribution in [2.75, 3.05) is 14.7 Å². The molecule has 0 saturated carbocycles. The van der Waals surface area contributed by atoms with E-state index in [0.29, 0.717) is 17.5 Å². The van der Waals surface area contributed by atoms with E-state index in [-0.39, 0.29) is 12.0 Å². The van der Waals surface area contributed by atoms with Gasteiger partial charge in [0, 0.05) is 66.3 Å². The van der Waals surface area contributed by atoms with Crippen LogP contribution in [0.5, 0.6) is 0 Å². The summed E-state index contributed by atoms with van der Waals surface area (Å²) in [5.41, 5.74) is 12.9. The third-order valence-corrected chi connectivity index (χ3v) is 16.7. The van der Waals surface area contributed by atoms with Crippen molar-refractivity contribution in [2.24, 2.45) is 0 Å². The van der Waals surface area contributed by atoms with Crippen LogP contribution in [0, 0.1) is 0 Å². The van der Waals surface area contributed by atoms with Crippen molar-refractivity contribution in [1.29, 1.82) is 0 Å². The number of nitrogens with zero attached hydrogens (tertiary/aromatic N) is 6. The molecule has 390 valence electrons. The fourth-order valence-corrected chi connectivity index (χ4v) is 13.0. The van der Waals surface area contributed by atoms with Gasteiger partial charge < -0.3 is 14.7 Å². The molecule has 0 amide bonds. The van der Waals surface area contributed by atoms with Gasteiger partial charge in [0.2, 0.25) is 0 Å². The summed E-state index contributed by atoms with van der Waals surface area (Å²) in [6.07, 6.45) is 7.35. The van der Waals surface area contributed by atoms with Crippen molar-refractivity contribution in [3.63, 3.8) is 0 Å². The lowest BCUT2D eigenvalue weighted by atomic mass is 9.87. The maximum absolute atomic E-state index is 5.23. The average molecular weight is 1060 g/mol. The summed E-state index contributed by atoms with van der Waals surface area (Å²) in [7, 11) is 0. The summed E-state index contributed by atoms with van der Waals surface area (Å²) >= 11 is 0. The van der Waals surface area contributed by atoms with Crippen molar-refractivity contribution in [2.45, 2.75) is 12.0 Å². The molecule has 0 spiro atoms. The third-order valence-electron chi connectivity index (χ3n) is 16.7. The maximum Gasteiger partial charge on any atom is 0.164 e. The van der Waals surface area contributed by atoms with Crippen LogP contribution in [0.15, 0.2) is 309 Å². The predicted octanol–water partition coefficient (Wildman–Crippen LogP) is 20.0. The first-order chi connectivity index (χ1) is 41.2. The lowest BCUT2D eigenvalue weighted by Crippen LogP contribution is -2.31. The normalized spacial score (nSPS) is 14.5. The van der Waals surface area contributed by atoms with Crippen molar-refractivity contribution >= 4 is 93.7 Å². The van der Waals surface area contributed by atoms with Gasteiger partial charge in [-0.2, -0.15) is 0 Å². The van der Waals surface area contributed by atoms with E-state index in [1.165, 1.54) is 54.3 Å². The predicted molar refractivity (Wildman–Crippen MR) is 346 cm³/mol. The molecule has 14 aromatic rings. The second-order valence-corrected chi connectivity index (χ2v) is 21.5. The fraction of sp³-hybridized carbons (Fsp3) is 0.0260. The Labute approximate surface area is 481 Å². The molecular weight excluding hydrogens is 1010 g/mol. The Balaban J connectivity index is 0.955. The molecule has 6 nitrogen and oxygen atoms in total. The van der Waals surface area contributed by atoms with Gasteiger partial charge in [0.15, 0.2) is 17.5 Å². The summed E-state index contributed by atoms with van der Waals surface area (Å²) in [4.78, 5) is 23.1. The highest BCUT2D eigenvalue weighted by Crippen LogP contribution is 2.56. The molecule has 83 heavy (non-hydrogen) atoms. The Hall–Kier alpha value is -11.0. The van der Waals surface area contributed by atoms with Gasteiger partial charge in [-0.15, -0.1) is 0 Å². The molecule has 1 aliphatic carbocycles. The van der Waals surface area contributed by atoms with Gasteiger partial charge in [0.25, 0.3) is 0 Å². The topological polar surface area (TPSA) is 48.4 Å². The number of benzene rings is 13. The van der Waals surface area contributed by atoms with Crippen LogP contribution in [-0.4, -0.2) is 21.0 Å². The lowest BCUT2D eigenvalue weighted by molar-refractivity contribution is 0.736. The van der Waals surface area contributed by atoms with E-state index in [1.54, 1.807) is 0 Å². The van der Waals surface area contributed by atoms with Crippen LogP contribution in [-0.2, 0) is 0 Å². The highest BCUT2D eigenvalue weighted by Gasteiger charge is 2.42. The molecular formula is C77H52N6. The highest BCUT2D eigenvalue weighted by molar-refractivity contribution is 6.13. The average Bonchev–Trinajstić information content (AvgIpc) is 3.93. The Morgan fingerprint density at radius 1 is 0.313 bits per heavy atom. The van der Waals surface area contributed by atoms with Gasteiger partial charge in [0.05, 0.1) is 40.2 Å². The van der Waals surface area contributed by atoms with E-state index in [1.807, 2.05) is 36.4 Å². The zero-order valence-electron chi connectivity index (χ0n) is 45.2. The van der Waals surface area contributed by atoms with E-state index in [2.05, 4.69) is 282 Å². The van der Waals surface area contributed by atoms with Gasteiger partial charge in [-0.25, -0.2) is 15.0 Å². The summed E-state index contributed by atoms with van der Waals surface area (Å²) in [5, 5.41) is 11.8. The van der Waals surface area contributed by atoms with Crippen LogP contribution in [0.2, 0.25) is 0 Å². The largest absolute Gasteiger partial charge is 0.333 e. The standard InChI is InChI=1S/C77H52N6/c1-3-26-55(27-4-1)75-78-76(56-28-5-2-6-29-56)80-77(79-75)57-34-17-35-58(48-57)82-72-47-46-59(81(68-42-18-30-51-22-7-11-36-60(51)68)69-43-19-31-52-23-8-12-37-61(52)69)49-66(72)67-50-73(64-40-15-16-41-65(64)74(67)82)83(70-44-20-32-53-24-9-13-38-62(53)70)71-45-21-33-54-25-10-14-39-63(54)71/h1-50,66,72H. The fourth-order valence-electron chi connectivity index (χ4n) is 13.0. The minimum absolute atomic E-state index is 0.113. The van der Waals surface area contributed by atoms with Crippen LogP contribution in [0.4, 0.5) is 39.8 Å². The minimum atomic E-state index is -0.119. The van der Waals surface area contributed by atoms with E-state index >= 15 is 0 Å². The highest BCUT2D eigenvalue weighted by atomic mass is 15.2. The van der Waals surface area contributed by atoms with Crippen LogP contribution in [0.3, 0.4) is 0 Å².